The Bertz CT molecular complexity index is 1630. The van der Waals surface area contributed by atoms with Crippen LogP contribution in [0.25, 0.3) is 16.9 Å². The summed E-state index contributed by atoms with van der Waals surface area (Å²) in [6.45, 7) is 7.31. The summed E-state index contributed by atoms with van der Waals surface area (Å²) >= 11 is 0. The summed E-state index contributed by atoms with van der Waals surface area (Å²) in [6.07, 6.45) is 2.77. The highest BCUT2D eigenvalue weighted by Crippen LogP contribution is 2.38. The lowest BCUT2D eigenvalue weighted by atomic mass is 10.2. The van der Waals surface area contributed by atoms with Gasteiger partial charge in [0.1, 0.15) is 11.6 Å². The average Bonchev–Trinajstić information content (AvgIpc) is 3.25. The predicted octanol–water partition coefficient (Wildman–Crippen LogP) is 2.97. The van der Waals surface area contributed by atoms with Gasteiger partial charge in [0.05, 0.1) is 41.8 Å². The molecular weight excluding hydrogens is 524 g/mol. The lowest BCUT2D eigenvalue weighted by Gasteiger charge is -2.26. The van der Waals surface area contributed by atoms with E-state index in [1.165, 1.54) is 10.6 Å². The molecular formula is C29H36N8O4. The number of rotatable bonds is 12. The number of aliphatic hydroxyl groups excluding tert-OH is 1. The van der Waals surface area contributed by atoms with Crippen LogP contribution in [0.5, 0.6) is 5.75 Å². The van der Waals surface area contributed by atoms with Crippen molar-refractivity contribution in [3.63, 3.8) is 0 Å². The molecule has 12 heteroatoms. The summed E-state index contributed by atoms with van der Waals surface area (Å²) in [5.74, 6) is 0.767. The summed E-state index contributed by atoms with van der Waals surface area (Å²) in [6, 6.07) is 10.6. The van der Waals surface area contributed by atoms with Crippen LogP contribution >= 0.6 is 0 Å². The van der Waals surface area contributed by atoms with E-state index in [1.54, 1.807) is 48.2 Å². The molecule has 4 rings (SSSR count). The second-order valence-electron chi connectivity index (χ2n) is 9.69. The number of aromatic nitrogens is 4. The number of methoxy groups -OCH3 is 1. The standard InChI is InChI=1S/C29H36N8O4/c1-7-27(39)31-20-16-21(25(41-6)17-23(20)35(5)14-13-34(3)4)32-28-30-12-11-26(33-28)37-22-10-9-19(18-38)15-24(22)36(8-2)29(37)40/h7,9-12,15-17,38H,1,8,13-14,18H2,2-6H3,(H,31,39)(H,30,32,33). The molecule has 1 amide bonds. The highest BCUT2D eigenvalue weighted by molar-refractivity contribution is 6.02. The first kappa shape index (κ1) is 29.3. The maximum atomic E-state index is 13.4. The van der Waals surface area contributed by atoms with Crippen molar-refractivity contribution in [3.05, 3.63) is 71.3 Å². The number of anilines is 4. The van der Waals surface area contributed by atoms with Gasteiger partial charge in [-0.05, 0) is 50.9 Å². The number of carbonyl (C=O) groups is 1. The van der Waals surface area contributed by atoms with E-state index in [0.29, 0.717) is 52.6 Å². The number of fused-ring (bicyclic) bond motifs is 1. The average molecular weight is 561 g/mol. The zero-order valence-corrected chi connectivity index (χ0v) is 24.0. The number of hydrogen-bond acceptors (Lipinski definition) is 9. The molecule has 0 spiro atoms. The highest BCUT2D eigenvalue weighted by Gasteiger charge is 2.18. The maximum absolute atomic E-state index is 13.4. The number of benzene rings is 2. The minimum absolute atomic E-state index is 0.123. The van der Waals surface area contributed by atoms with Gasteiger partial charge in [0.2, 0.25) is 11.9 Å². The molecule has 0 fully saturated rings. The van der Waals surface area contributed by atoms with Crippen molar-refractivity contribution in [2.75, 3.05) is 56.9 Å². The van der Waals surface area contributed by atoms with Crippen LogP contribution in [0.2, 0.25) is 0 Å². The number of carbonyl (C=O) groups excluding carboxylic acids is 1. The Morgan fingerprint density at radius 1 is 1.12 bits per heavy atom. The summed E-state index contributed by atoms with van der Waals surface area (Å²) in [5.41, 5.74) is 3.66. The molecule has 0 aliphatic heterocycles. The summed E-state index contributed by atoms with van der Waals surface area (Å²) in [5, 5.41) is 15.6. The number of imidazole rings is 1. The quantitative estimate of drug-likeness (QED) is 0.224. The minimum Gasteiger partial charge on any atom is -0.494 e. The molecule has 2 heterocycles. The van der Waals surface area contributed by atoms with E-state index >= 15 is 0 Å². The van der Waals surface area contributed by atoms with Gasteiger partial charge < -0.3 is 30.3 Å². The highest BCUT2D eigenvalue weighted by atomic mass is 16.5. The second-order valence-corrected chi connectivity index (χ2v) is 9.69. The van der Waals surface area contributed by atoms with Gasteiger partial charge in [0.15, 0.2) is 0 Å². The molecule has 0 bridgehead atoms. The Kier molecular flexibility index (Phi) is 9.05. The van der Waals surface area contributed by atoms with Crippen LogP contribution < -0.4 is 26.0 Å². The number of ether oxygens (including phenoxy) is 1. The van der Waals surface area contributed by atoms with E-state index in [9.17, 15) is 14.7 Å². The molecule has 2 aromatic carbocycles. The zero-order chi connectivity index (χ0) is 29.7. The molecule has 0 unspecified atom stereocenters. The fourth-order valence-electron chi connectivity index (χ4n) is 4.49. The van der Waals surface area contributed by atoms with Crippen molar-refractivity contribution in [1.29, 1.82) is 0 Å². The molecule has 2 aromatic heterocycles. The zero-order valence-electron chi connectivity index (χ0n) is 24.0. The molecule has 0 saturated carbocycles. The number of hydrogen-bond donors (Lipinski definition) is 3. The Morgan fingerprint density at radius 3 is 2.56 bits per heavy atom. The minimum atomic E-state index is -0.349. The van der Waals surface area contributed by atoms with Crippen molar-refractivity contribution in [1.82, 2.24) is 24.0 Å². The van der Waals surface area contributed by atoms with Gasteiger partial charge in [0.25, 0.3) is 0 Å². The van der Waals surface area contributed by atoms with E-state index in [2.05, 4.69) is 32.1 Å². The summed E-state index contributed by atoms with van der Waals surface area (Å²) in [7, 11) is 7.49. The number of nitrogens with zero attached hydrogens (tertiary/aromatic N) is 6. The Hall–Kier alpha value is -4.68. The SMILES string of the molecule is C=CC(=O)Nc1cc(Nc2nccc(-n3c(=O)n(CC)c4cc(CO)ccc43)n2)c(OC)cc1N(C)CCN(C)C. The normalized spacial score (nSPS) is 11.1. The van der Waals surface area contributed by atoms with Crippen molar-refractivity contribution in [2.24, 2.45) is 0 Å². The Balaban J connectivity index is 1.76. The van der Waals surface area contributed by atoms with Crippen LogP contribution in [-0.2, 0) is 17.9 Å². The van der Waals surface area contributed by atoms with E-state index < -0.39 is 0 Å². The summed E-state index contributed by atoms with van der Waals surface area (Å²) in [4.78, 5) is 38.7. The molecule has 41 heavy (non-hydrogen) atoms. The second kappa shape index (κ2) is 12.7. The van der Waals surface area contributed by atoms with Crippen molar-refractivity contribution in [2.45, 2.75) is 20.1 Å². The fraction of sp³-hybridized carbons (Fsp3) is 0.310. The monoisotopic (exact) mass is 560 g/mol. The molecule has 4 aromatic rings. The van der Waals surface area contributed by atoms with Gasteiger partial charge in [-0.1, -0.05) is 12.6 Å². The third-order valence-corrected chi connectivity index (χ3v) is 6.66. The van der Waals surface area contributed by atoms with Crippen LogP contribution in [0.4, 0.5) is 23.0 Å². The molecule has 0 aliphatic rings. The van der Waals surface area contributed by atoms with Gasteiger partial charge in [0, 0.05) is 45.0 Å². The molecule has 0 aliphatic carbocycles. The van der Waals surface area contributed by atoms with E-state index in [-0.39, 0.29) is 24.2 Å². The van der Waals surface area contributed by atoms with Crippen LogP contribution in [0.15, 0.2) is 60.0 Å². The summed E-state index contributed by atoms with van der Waals surface area (Å²) < 4.78 is 8.83. The number of aryl methyl sites for hydroxylation is 1. The first-order chi connectivity index (χ1) is 19.7. The van der Waals surface area contributed by atoms with Gasteiger partial charge in [-0.25, -0.2) is 14.3 Å². The molecule has 0 atom stereocenters. The Morgan fingerprint density at radius 2 is 1.90 bits per heavy atom. The number of likely N-dealkylation sites (N-methyl/N-ethyl adjacent to an activating group) is 2. The largest absolute Gasteiger partial charge is 0.494 e. The topological polar surface area (TPSA) is 130 Å². The molecule has 0 radical (unpaired) electrons. The van der Waals surface area contributed by atoms with Gasteiger partial charge in [-0.2, -0.15) is 4.98 Å². The van der Waals surface area contributed by atoms with Crippen LogP contribution in [-0.4, -0.2) is 76.4 Å². The maximum Gasteiger partial charge on any atom is 0.334 e. The van der Waals surface area contributed by atoms with Gasteiger partial charge in [-0.3, -0.25) is 9.36 Å². The third kappa shape index (κ3) is 6.23. The number of nitrogens with one attached hydrogen (secondary N) is 2. The first-order valence-corrected chi connectivity index (χ1v) is 13.2. The van der Waals surface area contributed by atoms with Crippen molar-refractivity contribution in [3.8, 4) is 11.6 Å². The molecule has 216 valence electrons. The number of amides is 1. The van der Waals surface area contributed by atoms with Crippen LogP contribution in [0.3, 0.4) is 0 Å². The molecule has 12 nitrogen and oxygen atoms in total. The fourth-order valence-corrected chi connectivity index (χ4v) is 4.49. The molecule has 3 N–H and O–H groups in total. The van der Waals surface area contributed by atoms with Crippen molar-refractivity contribution < 1.29 is 14.6 Å². The van der Waals surface area contributed by atoms with Crippen LogP contribution in [0, 0.1) is 0 Å². The van der Waals surface area contributed by atoms with Crippen LogP contribution in [0.1, 0.15) is 12.5 Å². The van der Waals surface area contributed by atoms with E-state index in [4.69, 9.17) is 4.74 Å². The van der Waals surface area contributed by atoms with Gasteiger partial charge in [-0.15, -0.1) is 0 Å². The predicted molar refractivity (Wildman–Crippen MR) is 162 cm³/mol. The van der Waals surface area contributed by atoms with Crippen molar-refractivity contribution >= 4 is 40.0 Å². The lowest BCUT2D eigenvalue weighted by molar-refractivity contribution is -0.111. The number of aliphatic hydroxyl groups is 1. The first-order valence-electron chi connectivity index (χ1n) is 13.2. The smallest absolute Gasteiger partial charge is 0.334 e. The third-order valence-electron chi connectivity index (χ3n) is 6.66. The van der Waals surface area contributed by atoms with E-state index in [1.807, 2.05) is 39.0 Å². The Labute approximate surface area is 238 Å². The molecule has 0 saturated heterocycles. The van der Waals surface area contributed by atoms with E-state index in [0.717, 1.165) is 12.2 Å². The van der Waals surface area contributed by atoms with Gasteiger partial charge >= 0.3 is 5.69 Å². The lowest BCUT2D eigenvalue weighted by Crippen LogP contribution is -2.29.